The standard InChI is InChI=1S/C25H25N5O6S/c1-14-20(24(33)30(28(14)2)15-9-7-6-8-10-15)26-13-17-22(31)27-25(37)29(23(17)32)16-11-18(34-3)21(36-5)19(12-16)35-4/h6-13,32H,1-5H3,(H,27,31,37). The number of nitrogens with zero attached hydrogens (tertiary/aromatic N) is 4. The molecule has 0 aliphatic heterocycles. The Kier molecular flexibility index (Phi) is 7.02. The molecule has 0 unspecified atom stereocenters. The third-order valence-corrected chi connectivity index (χ3v) is 6.16. The molecule has 0 radical (unpaired) electrons. The van der Waals surface area contributed by atoms with Crippen molar-refractivity contribution in [1.29, 1.82) is 0 Å². The lowest BCUT2D eigenvalue weighted by Gasteiger charge is -2.16. The van der Waals surface area contributed by atoms with Gasteiger partial charge in [-0.2, -0.15) is 0 Å². The van der Waals surface area contributed by atoms with Crippen LogP contribution in [0.5, 0.6) is 23.1 Å². The summed E-state index contributed by atoms with van der Waals surface area (Å²) in [6.45, 7) is 1.74. The SMILES string of the molecule is COc1cc(-n2c(O)c(C=Nc3c(C)n(C)n(-c4ccccc4)c3=O)c(=O)[nH]c2=S)cc(OC)c1OC. The average Bonchev–Trinajstić information content (AvgIpc) is 3.10. The van der Waals surface area contributed by atoms with Crippen molar-refractivity contribution < 1.29 is 19.3 Å². The fourth-order valence-corrected chi connectivity index (χ4v) is 4.21. The summed E-state index contributed by atoms with van der Waals surface area (Å²) in [6.07, 6.45) is 1.14. The van der Waals surface area contributed by atoms with Crippen LogP contribution in [0.1, 0.15) is 11.3 Å². The molecule has 12 heteroatoms. The number of para-hydroxylation sites is 1. The van der Waals surface area contributed by atoms with E-state index in [9.17, 15) is 14.7 Å². The quantitative estimate of drug-likeness (QED) is 0.282. The van der Waals surface area contributed by atoms with Gasteiger partial charge in [-0.05, 0) is 31.3 Å². The van der Waals surface area contributed by atoms with Crippen LogP contribution in [0.15, 0.2) is 57.0 Å². The lowest BCUT2D eigenvalue weighted by molar-refractivity contribution is 0.324. The Morgan fingerprint density at radius 1 is 1.00 bits per heavy atom. The first kappa shape index (κ1) is 25.5. The summed E-state index contributed by atoms with van der Waals surface area (Å²) in [5.41, 5.74) is 0.436. The third-order valence-electron chi connectivity index (χ3n) is 5.88. The molecule has 0 bridgehead atoms. The minimum absolute atomic E-state index is 0.0729. The van der Waals surface area contributed by atoms with Crippen LogP contribution in [0.2, 0.25) is 0 Å². The molecule has 0 aliphatic carbocycles. The maximum atomic E-state index is 13.2. The number of nitrogens with one attached hydrogen (secondary N) is 1. The number of aromatic hydroxyl groups is 1. The summed E-state index contributed by atoms with van der Waals surface area (Å²) >= 11 is 5.32. The Labute approximate surface area is 216 Å². The Morgan fingerprint density at radius 3 is 2.19 bits per heavy atom. The highest BCUT2D eigenvalue weighted by Crippen LogP contribution is 2.40. The van der Waals surface area contributed by atoms with E-state index in [4.69, 9.17) is 26.4 Å². The molecule has 0 aliphatic rings. The molecule has 11 nitrogen and oxygen atoms in total. The van der Waals surface area contributed by atoms with E-state index < -0.39 is 11.4 Å². The van der Waals surface area contributed by atoms with Crippen molar-refractivity contribution in [1.82, 2.24) is 18.9 Å². The second-order valence-electron chi connectivity index (χ2n) is 7.88. The van der Waals surface area contributed by atoms with Gasteiger partial charge in [0.15, 0.2) is 22.0 Å². The summed E-state index contributed by atoms with van der Waals surface area (Å²) in [4.78, 5) is 32.7. The zero-order chi connectivity index (χ0) is 26.9. The number of methoxy groups -OCH3 is 3. The highest BCUT2D eigenvalue weighted by Gasteiger charge is 2.20. The van der Waals surface area contributed by atoms with Gasteiger partial charge in [-0.1, -0.05) is 18.2 Å². The van der Waals surface area contributed by atoms with Crippen LogP contribution < -0.4 is 25.3 Å². The minimum atomic E-state index is -0.674. The number of hydrogen-bond donors (Lipinski definition) is 2. The van der Waals surface area contributed by atoms with Gasteiger partial charge in [-0.3, -0.25) is 23.8 Å². The monoisotopic (exact) mass is 523 g/mol. The number of benzene rings is 2. The van der Waals surface area contributed by atoms with Crippen LogP contribution in [0, 0.1) is 11.7 Å². The molecular weight excluding hydrogens is 498 g/mol. The molecule has 0 saturated carbocycles. The third kappa shape index (κ3) is 4.42. The van der Waals surface area contributed by atoms with E-state index in [-0.39, 0.29) is 21.6 Å². The molecule has 2 aromatic carbocycles. The summed E-state index contributed by atoms with van der Waals surface area (Å²) in [6, 6.07) is 12.2. The number of aromatic amines is 1. The van der Waals surface area contributed by atoms with Crippen molar-refractivity contribution in [3.63, 3.8) is 0 Å². The number of H-pyrrole nitrogens is 1. The number of ether oxygens (including phenoxy) is 3. The van der Waals surface area contributed by atoms with Crippen molar-refractivity contribution in [3.8, 4) is 34.5 Å². The summed E-state index contributed by atoms with van der Waals surface area (Å²) in [5, 5.41) is 11.1. The van der Waals surface area contributed by atoms with Gasteiger partial charge in [0.2, 0.25) is 11.6 Å². The van der Waals surface area contributed by atoms with E-state index in [0.29, 0.717) is 34.3 Å². The molecule has 0 amide bonds. The van der Waals surface area contributed by atoms with E-state index in [2.05, 4.69) is 9.98 Å². The molecule has 37 heavy (non-hydrogen) atoms. The van der Waals surface area contributed by atoms with E-state index in [1.54, 1.807) is 42.9 Å². The van der Waals surface area contributed by atoms with Crippen LogP contribution >= 0.6 is 12.2 Å². The molecular formula is C25H25N5O6S. The molecule has 0 spiro atoms. The Morgan fingerprint density at radius 2 is 1.62 bits per heavy atom. The van der Waals surface area contributed by atoms with Crippen molar-refractivity contribution in [2.24, 2.45) is 12.0 Å². The highest BCUT2D eigenvalue weighted by molar-refractivity contribution is 7.71. The maximum Gasteiger partial charge on any atom is 0.297 e. The lowest BCUT2D eigenvalue weighted by atomic mass is 10.2. The number of rotatable bonds is 7. The fourth-order valence-electron chi connectivity index (χ4n) is 3.92. The molecule has 0 saturated heterocycles. The fraction of sp³-hybridized carbons (Fsp3) is 0.200. The van der Waals surface area contributed by atoms with Gasteiger partial charge in [0.05, 0.1) is 38.4 Å². The van der Waals surface area contributed by atoms with Crippen LogP contribution in [0.4, 0.5) is 5.69 Å². The van der Waals surface area contributed by atoms with Gasteiger partial charge in [-0.15, -0.1) is 0 Å². The first-order chi connectivity index (χ1) is 17.7. The van der Waals surface area contributed by atoms with Crippen LogP contribution in [0.25, 0.3) is 11.4 Å². The molecule has 2 N–H and O–H groups in total. The zero-order valence-corrected chi connectivity index (χ0v) is 21.6. The topological polar surface area (TPSA) is 125 Å². The predicted molar refractivity (Wildman–Crippen MR) is 142 cm³/mol. The Bertz CT molecular complexity index is 1660. The van der Waals surface area contributed by atoms with Crippen LogP contribution in [-0.4, -0.2) is 51.6 Å². The second-order valence-corrected chi connectivity index (χ2v) is 8.27. The van der Waals surface area contributed by atoms with Gasteiger partial charge >= 0.3 is 0 Å². The normalized spacial score (nSPS) is 11.2. The van der Waals surface area contributed by atoms with E-state index in [1.165, 1.54) is 30.6 Å². The van der Waals surface area contributed by atoms with Gasteiger partial charge in [0, 0.05) is 25.4 Å². The number of hydrogen-bond acceptors (Lipinski definition) is 8. The van der Waals surface area contributed by atoms with E-state index in [0.717, 1.165) is 6.21 Å². The number of aliphatic imine (C=N–C) groups is 1. The van der Waals surface area contributed by atoms with Gasteiger partial charge in [0.25, 0.3) is 11.1 Å². The molecule has 0 atom stereocenters. The smallest absolute Gasteiger partial charge is 0.297 e. The van der Waals surface area contributed by atoms with E-state index >= 15 is 0 Å². The number of aromatic nitrogens is 4. The Balaban J connectivity index is 1.87. The van der Waals surface area contributed by atoms with Crippen molar-refractivity contribution in [2.75, 3.05) is 21.3 Å². The van der Waals surface area contributed by atoms with Gasteiger partial charge < -0.3 is 19.3 Å². The highest BCUT2D eigenvalue weighted by atomic mass is 32.1. The molecule has 192 valence electrons. The molecule has 4 rings (SSSR count). The largest absolute Gasteiger partial charge is 0.494 e. The minimum Gasteiger partial charge on any atom is -0.494 e. The Hall–Kier alpha value is -4.58. The van der Waals surface area contributed by atoms with Crippen molar-refractivity contribution in [3.05, 3.63) is 79.2 Å². The second kappa shape index (κ2) is 10.2. The first-order valence-corrected chi connectivity index (χ1v) is 11.4. The molecule has 4 aromatic rings. The lowest BCUT2D eigenvalue weighted by Crippen LogP contribution is -2.19. The predicted octanol–water partition coefficient (Wildman–Crippen LogP) is 3.17. The summed E-state index contributed by atoms with van der Waals surface area (Å²) < 4.78 is 20.4. The molecule has 2 heterocycles. The zero-order valence-electron chi connectivity index (χ0n) is 20.8. The van der Waals surface area contributed by atoms with Crippen molar-refractivity contribution in [2.45, 2.75) is 6.92 Å². The molecule has 0 fully saturated rings. The summed E-state index contributed by atoms with van der Waals surface area (Å²) in [5.74, 6) is 0.505. The maximum absolute atomic E-state index is 13.2. The first-order valence-electron chi connectivity index (χ1n) is 11.0. The van der Waals surface area contributed by atoms with Gasteiger partial charge in [0.1, 0.15) is 5.56 Å². The summed E-state index contributed by atoms with van der Waals surface area (Å²) in [7, 11) is 6.11. The van der Waals surface area contributed by atoms with Crippen LogP contribution in [-0.2, 0) is 7.05 Å². The van der Waals surface area contributed by atoms with Crippen molar-refractivity contribution >= 4 is 24.1 Å². The van der Waals surface area contributed by atoms with Gasteiger partial charge in [-0.25, -0.2) is 9.67 Å². The van der Waals surface area contributed by atoms with E-state index in [1.807, 2.05) is 18.2 Å². The van der Waals surface area contributed by atoms with Crippen LogP contribution in [0.3, 0.4) is 0 Å². The average molecular weight is 524 g/mol. The molecule has 2 aromatic heterocycles.